The number of carbonyl (C=O) groups is 2. The Balaban J connectivity index is 5.05. The fourth-order valence-electron chi connectivity index (χ4n) is 10.5. The van der Waals surface area contributed by atoms with Crippen LogP contribution in [0.1, 0.15) is 348 Å². The summed E-state index contributed by atoms with van der Waals surface area (Å²) in [4.78, 5) is 40.2. The fourth-order valence-corrected chi connectivity index (χ4v) is 11.3. The van der Waals surface area contributed by atoms with Gasteiger partial charge in [-0.05, 0) is 70.3 Å². The largest absolute Gasteiger partial charge is 0.756 e. The van der Waals surface area contributed by atoms with Crippen molar-refractivity contribution in [2.45, 2.75) is 360 Å². The highest BCUT2D eigenvalue weighted by Crippen LogP contribution is 2.38. The van der Waals surface area contributed by atoms with Crippen LogP contribution in [0.2, 0.25) is 0 Å². The lowest BCUT2D eigenvalue weighted by Gasteiger charge is -2.30. The van der Waals surface area contributed by atoms with Crippen LogP contribution in [0.3, 0.4) is 0 Å². The monoisotopic (exact) mass is 1170 g/mol. The first-order chi connectivity index (χ1) is 39.9. The number of hydrogen-bond acceptors (Lipinski definition) is 7. The lowest BCUT2D eigenvalue weighted by atomic mass is 10.0. The molecule has 0 aromatic heterocycles. The molecule has 9 nitrogen and oxygen atoms in total. The number of rotatable bonds is 65. The molecular formula is C72H137N2O7P. The van der Waals surface area contributed by atoms with Gasteiger partial charge in [-0.3, -0.25) is 14.2 Å². The Kier molecular flexibility index (Phi) is 60.5. The SMILES string of the molecule is CCCCC/C=C\C/C=C\C/C=C\CCCCCCCCCCCCCCC(=O)OC(/C=C/CCCCCCCCCCCC)C(COP(=O)([O-])OCC[N+](C)(C)C)NC(=O)CCCCCCCCCCCCCCCCCCCCC. The molecule has 0 saturated heterocycles. The molecule has 3 atom stereocenters. The number of hydrogen-bond donors (Lipinski definition) is 1. The summed E-state index contributed by atoms with van der Waals surface area (Å²) in [7, 11) is 1.20. The molecule has 0 spiro atoms. The molecule has 0 aliphatic carbocycles. The predicted molar refractivity (Wildman–Crippen MR) is 353 cm³/mol. The van der Waals surface area contributed by atoms with Gasteiger partial charge in [0, 0.05) is 12.8 Å². The fraction of sp³-hybridized carbons (Fsp3) is 0.861. The van der Waals surface area contributed by atoms with E-state index < -0.39 is 20.0 Å². The molecule has 0 aromatic rings. The second-order valence-electron chi connectivity index (χ2n) is 25.4. The van der Waals surface area contributed by atoms with Crippen LogP contribution in [-0.4, -0.2) is 69.4 Å². The lowest BCUT2D eigenvalue weighted by Crippen LogP contribution is -2.47. The molecule has 0 fully saturated rings. The van der Waals surface area contributed by atoms with Crippen molar-refractivity contribution >= 4 is 19.7 Å². The summed E-state index contributed by atoms with van der Waals surface area (Å²) in [6.45, 7) is 6.87. The zero-order valence-electron chi connectivity index (χ0n) is 55.2. The lowest BCUT2D eigenvalue weighted by molar-refractivity contribution is -0.870. The number of ether oxygens (including phenoxy) is 1. The summed E-state index contributed by atoms with van der Waals surface area (Å²) in [5.74, 6) is -0.526. The summed E-state index contributed by atoms with van der Waals surface area (Å²) in [6, 6.07) is -0.887. The van der Waals surface area contributed by atoms with Crippen molar-refractivity contribution in [2.75, 3.05) is 40.9 Å². The van der Waals surface area contributed by atoms with Crippen LogP contribution in [0.25, 0.3) is 0 Å². The number of esters is 1. The van der Waals surface area contributed by atoms with Gasteiger partial charge in [-0.1, -0.05) is 314 Å². The first-order valence-corrected chi connectivity index (χ1v) is 36.9. The minimum absolute atomic E-state index is 0.0204. The topological polar surface area (TPSA) is 114 Å². The van der Waals surface area contributed by atoms with Gasteiger partial charge in [0.2, 0.25) is 5.91 Å². The molecule has 482 valence electrons. The van der Waals surface area contributed by atoms with Crippen molar-refractivity contribution < 1.29 is 37.3 Å². The molecule has 0 bridgehead atoms. The van der Waals surface area contributed by atoms with E-state index in [0.29, 0.717) is 17.4 Å². The van der Waals surface area contributed by atoms with Crippen molar-refractivity contribution in [2.24, 2.45) is 0 Å². The van der Waals surface area contributed by atoms with Crippen molar-refractivity contribution in [3.63, 3.8) is 0 Å². The first-order valence-electron chi connectivity index (χ1n) is 35.4. The highest BCUT2D eigenvalue weighted by Gasteiger charge is 2.27. The van der Waals surface area contributed by atoms with Crippen molar-refractivity contribution in [3.8, 4) is 0 Å². The molecule has 82 heavy (non-hydrogen) atoms. The number of nitrogens with zero attached hydrogens (tertiary/aromatic N) is 1. The number of allylic oxidation sites excluding steroid dienone is 7. The number of carbonyl (C=O) groups excluding carboxylic acids is 2. The van der Waals surface area contributed by atoms with Gasteiger partial charge in [0.1, 0.15) is 19.3 Å². The van der Waals surface area contributed by atoms with Gasteiger partial charge >= 0.3 is 5.97 Å². The van der Waals surface area contributed by atoms with E-state index in [9.17, 15) is 19.0 Å². The summed E-state index contributed by atoms with van der Waals surface area (Å²) in [5, 5.41) is 3.05. The normalized spacial score (nSPS) is 13.8. The van der Waals surface area contributed by atoms with Crippen LogP contribution in [0.15, 0.2) is 48.6 Å². The molecule has 0 saturated carbocycles. The second-order valence-corrected chi connectivity index (χ2v) is 26.8. The molecule has 0 radical (unpaired) electrons. The molecule has 1 amide bonds. The molecule has 0 rings (SSSR count). The maximum absolute atomic E-state index is 13.6. The molecule has 0 aliphatic rings. The van der Waals surface area contributed by atoms with E-state index >= 15 is 0 Å². The van der Waals surface area contributed by atoms with Crippen LogP contribution < -0.4 is 10.2 Å². The minimum atomic E-state index is -4.70. The summed E-state index contributed by atoms with van der Waals surface area (Å²) >= 11 is 0. The quantitative estimate of drug-likeness (QED) is 0.0212. The van der Waals surface area contributed by atoms with Crippen LogP contribution >= 0.6 is 7.82 Å². The van der Waals surface area contributed by atoms with E-state index in [1.807, 2.05) is 33.3 Å². The summed E-state index contributed by atoms with van der Waals surface area (Å²) in [6.07, 6.45) is 78.0. The Morgan fingerprint density at radius 3 is 1.13 bits per heavy atom. The van der Waals surface area contributed by atoms with Crippen molar-refractivity contribution in [1.82, 2.24) is 5.32 Å². The number of phosphoric acid groups is 1. The van der Waals surface area contributed by atoms with E-state index in [0.717, 1.165) is 70.6 Å². The van der Waals surface area contributed by atoms with Gasteiger partial charge in [-0.2, -0.15) is 0 Å². The molecular weight excluding hydrogens is 1040 g/mol. The third-order valence-electron chi connectivity index (χ3n) is 16.0. The maximum atomic E-state index is 13.6. The van der Waals surface area contributed by atoms with Gasteiger partial charge in [0.05, 0.1) is 33.8 Å². The first kappa shape index (κ1) is 80.0. The summed E-state index contributed by atoms with van der Waals surface area (Å²) < 4.78 is 30.4. The average molecular weight is 1170 g/mol. The van der Waals surface area contributed by atoms with E-state index in [1.165, 1.54) is 244 Å². The van der Waals surface area contributed by atoms with Crippen LogP contribution in [0, 0.1) is 0 Å². The zero-order chi connectivity index (χ0) is 60.0. The number of amides is 1. The van der Waals surface area contributed by atoms with Gasteiger partial charge in [0.15, 0.2) is 0 Å². The van der Waals surface area contributed by atoms with Gasteiger partial charge in [0.25, 0.3) is 7.82 Å². The van der Waals surface area contributed by atoms with Gasteiger partial charge in [-0.25, -0.2) is 0 Å². The Hall–Kier alpha value is -2.03. The van der Waals surface area contributed by atoms with E-state index in [2.05, 4.69) is 62.5 Å². The molecule has 10 heteroatoms. The Labute approximate surface area is 509 Å². The predicted octanol–water partition coefficient (Wildman–Crippen LogP) is 21.8. The maximum Gasteiger partial charge on any atom is 0.306 e. The Morgan fingerprint density at radius 1 is 0.427 bits per heavy atom. The van der Waals surface area contributed by atoms with Gasteiger partial charge in [-0.15, -0.1) is 0 Å². The van der Waals surface area contributed by atoms with E-state index in [-0.39, 0.29) is 31.5 Å². The molecule has 0 aliphatic heterocycles. The molecule has 1 N–H and O–H groups in total. The smallest absolute Gasteiger partial charge is 0.306 e. The van der Waals surface area contributed by atoms with Crippen LogP contribution in [0.4, 0.5) is 0 Å². The van der Waals surface area contributed by atoms with Crippen LogP contribution in [-0.2, 0) is 27.9 Å². The van der Waals surface area contributed by atoms with E-state index in [1.54, 1.807) is 0 Å². The molecule has 3 unspecified atom stereocenters. The zero-order valence-corrected chi connectivity index (χ0v) is 56.1. The van der Waals surface area contributed by atoms with E-state index in [4.69, 9.17) is 13.8 Å². The molecule has 0 aromatic carbocycles. The van der Waals surface area contributed by atoms with Crippen molar-refractivity contribution in [1.29, 1.82) is 0 Å². The van der Waals surface area contributed by atoms with Crippen molar-refractivity contribution in [3.05, 3.63) is 48.6 Å². The number of nitrogens with one attached hydrogen (secondary N) is 1. The number of quaternary nitrogens is 1. The number of unbranched alkanes of at least 4 members (excludes halogenated alkanes) is 43. The average Bonchev–Trinajstić information content (AvgIpc) is 3.44. The number of likely N-dealkylation sites (N-methyl/N-ethyl adjacent to an activating group) is 1. The Morgan fingerprint density at radius 2 is 0.744 bits per heavy atom. The molecule has 0 heterocycles. The third-order valence-corrected chi connectivity index (χ3v) is 17.0. The number of phosphoric ester groups is 1. The highest BCUT2D eigenvalue weighted by molar-refractivity contribution is 7.45. The second kappa shape index (κ2) is 62.0. The standard InChI is InChI=1S/C72H137N2O7P/c1-7-10-13-16-19-22-25-28-30-32-34-35-36-37-38-39-41-43-45-47-50-53-56-59-62-65-72(76)81-70(63-60-57-54-51-48-27-24-21-18-15-12-9-3)69(68-80-82(77,78)79-67-66-74(4,5)6)73-71(75)64-61-58-55-52-49-46-44-42-40-33-31-29-26-23-20-17-14-11-8-2/h19,22,28,30,34-35,60,63,69-70H,7-18,20-21,23-27,29,31-33,36-59,61-62,64-68H2,1-6H3,(H-,73,75,77,78)/b22-19-,30-28-,35-34-,63-60+. The van der Waals surface area contributed by atoms with Crippen LogP contribution in [0.5, 0.6) is 0 Å². The highest BCUT2D eigenvalue weighted by atomic mass is 31.2. The van der Waals surface area contributed by atoms with Gasteiger partial charge < -0.3 is 28.5 Å². The minimum Gasteiger partial charge on any atom is -0.756 e. The third kappa shape index (κ3) is 62.5. The Bertz CT molecular complexity index is 1540. The summed E-state index contributed by atoms with van der Waals surface area (Å²) in [5.41, 5.74) is 0.